The number of aryl methyl sites for hydroxylation is 1. The zero-order valence-corrected chi connectivity index (χ0v) is 9.14. The average Bonchev–Trinajstić information content (AvgIpc) is 2.25. The number of nitrogens with zero attached hydrogens (tertiary/aromatic N) is 2. The van der Waals surface area contributed by atoms with E-state index in [9.17, 15) is 15.2 Å². The van der Waals surface area contributed by atoms with E-state index in [1.165, 1.54) is 12.3 Å². The molecule has 1 saturated heterocycles. The summed E-state index contributed by atoms with van der Waals surface area (Å²) < 4.78 is 4.83. The Morgan fingerprint density at radius 1 is 1.65 bits per heavy atom. The Bertz CT molecular complexity index is 526. The Morgan fingerprint density at radius 2 is 2.35 bits per heavy atom. The van der Waals surface area contributed by atoms with Crippen LogP contribution >= 0.6 is 0 Å². The molecule has 1 aromatic heterocycles. The highest BCUT2D eigenvalue weighted by Crippen LogP contribution is 2.18. The van der Waals surface area contributed by atoms with Gasteiger partial charge in [-0.15, -0.1) is 0 Å². The molecule has 0 saturated carbocycles. The zero-order valence-electron chi connectivity index (χ0n) is 9.14. The minimum absolute atomic E-state index is 0.0753. The van der Waals surface area contributed by atoms with Crippen molar-refractivity contribution in [3.05, 3.63) is 33.6 Å². The van der Waals surface area contributed by atoms with Crippen molar-refractivity contribution in [2.75, 3.05) is 13.2 Å². The molecule has 2 heterocycles. The molecule has 1 fully saturated rings. The maximum atomic E-state index is 10.7. The van der Waals surface area contributed by atoms with Crippen LogP contribution in [0.3, 0.4) is 0 Å². The largest absolute Gasteiger partial charge is 0.373 e. The summed E-state index contributed by atoms with van der Waals surface area (Å²) in [6.45, 7) is 1.89. The third-order valence-electron chi connectivity index (χ3n) is 2.38. The van der Waals surface area contributed by atoms with Crippen LogP contribution in [0.5, 0.6) is 0 Å². The van der Waals surface area contributed by atoms with Gasteiger partial charge >= 0.3 is 0 Å². The van der Waals surface area contributed by atoms with E-state index in [0.717, 1.165) is 0 Å². The lowest BCUT2D eigenvalue weighted by Gasteiger charge is -2.30. The quantitative estimate of drug-likeness (QED) is 0.432. The van der Waals surface area contributed by atoms with Crippen LogP contribution in [0.25, 0.3) is 0 Å². The van der Waals surface area contributed by atoms with E-state index in [1.54, 1.807) is 6.92 Å². The van der Waals surface area contributed by atoms with Gasteiger partial charge in [0, 0.05) is 17.8 Å². The molecule has 0 unspecified atom stereocenters. The number of ether oxygens (including phenoxy) is 1. The summed E-state index contributed by atoms with van der Waals surface area (Å²) >= 11 is 0. The number of pyridine rings is 1. The van der Waals surface area contributed by atoms with Crippen molar-refractivity contribution >= 4 is 5.69 Å². The predicted octanol–water partition coefficient (Wildman–Crippen LogP) is 0.411. The molecule has 88 valence electrons. The second-order valence-corrected chi connectivity index (χ2v) is 3.86. The fraction of sp³-hybridized carbons (Fsp3) is 0.364. The molecule has 6 heteroatoms. The highest BCUT2D eigenvalue weighted by atomic mass is 16.6. The third kappa shape index (κ3) is 2.41. The molecule has 1 aliphatic rings. The molecule has 0 spiro atoms. The number of hydrogen-bond acceptors (Lipinski definition) is 5. The summed E-state index contributed by atoms with van der Waals surface area (Å²) in [4.78, 5) is 14.1. The van der Waals surface area contributed by atoms with Gasteiger partial charge in [0.25, 0.3) is 5.69 Å². The van der Waals surface area contributed by atoms with Crippen LogP contribution in [-0.2, 0) is 4.74 Å². The van der Waals surface area contributed by atoms with E-state index in [2.05, 4.69) is 16.8 Å². The Hall–Kier alpha value is -1.97. The zero-order chi connectivity index (χ0) is 12.5. The van der Waals surface area contributed by atoms with E-state index < -0.39 is 10.5 Å². The molecule has 1 N–H and O–H groups in total. The van der Waals surface area contributed by atoms with Crippen molar-refractivity contribution in [2.45, 2.75) is 12.5 Å². The second kappa shape index (κ2) is 4.13. The summed E-state index contributed by atoms with van der Waals surface area (Å²) in [5, 5.41) is 20.3. The van der Waals surface area contributed by atoms with Crippen LogP contribution in [0.1, 0.15) is 11.3 Å². The fourth-order valence-corrected chi connectivity index (χ4v) is 1.33. The Kier molecular flexibility index (Phi) is 2.79. The Morgan fingerprint density at radius 3 is 2.88 bits per heavy atom. The lowest BCUT2D eigenvalue weighted by molar-refractivity contribution is -0.385. The topological polar surface area (TPSA) is 85.5 Å². The van der Waals surface area contributed by atoms with Crippen LogP contribution in [0.15, 0.2) is 12.3 Å². The monoisotopic (exact) mass is 234 g/mol. The molecule has 0 aromatic carbocycles. The highest BCUT2D eigenvalue weighted by Gasteiger charge is 2.33. The first-order valence-corrected chi connectivity index (χ1v) is 4.94. The van der Waals surface area contributed by atoms with Crippen LogP contribution in [0.2, 0.25) is 0 Å². The fourth-order valence-electron chi connectivity index (χ4n) is 1.33. The van der Waals surface area contributed by atoms with Crippen molar-refractivity contribution in [2.24, 2.45) is 0 Å². The smallest absolute Gasteiger partial charge is 0.291 e. The first-order chi connectivity index (χ1) is 8.00. The number of aromatic nitrogens is 1. The number of aliphatic hydroxyl groups is 1. The van der Waals surface area contributed by atoms with Crippen LogP contribution in [0, 0.1) is 28.9 Å². The molecule has 17 heavy (non-hydrogen) atoms. The van der Waals surface area contributed by atoms with Gasteiger partial charge in [0.2, 0.25) is 0 Å². The van der Waals surface area contributed by atoms with E-state index in [4.69, 9.17) is 4.74 Å². The first kappa shape index (κ1) is 11.5. The summed E-state index contributed by atoms with van der Waals surface area (Å²) in [5.41, 5.74) is -0.456. The molecular formula is C11H10N2O4. The minimum Gasteiger partial charge on any atom is -0.373 e. The van der Waals surface area contributed by atoms with Crippen LogP contribution < -0.4 is 0 Å². The van der Waals surface area contributed by atoms with Gasteiger partial charge in [-0.05, 0) is 6.92 Å². The molecule has 1 aromatic rings. The molecular weight excluding hydrogens is 224 g/mol. The van der Waals surface area contributed by atoms with Crippen molar-refractivity contribution in [3.63, 3.8) is 0 Å². The van der Waals surface area contributed by atoms with Crippen molar-refractivity contribution in [1.82, 2.24) is 4.98 Å². The van der Waals surface area contributed by atoms with E-state index in [-0.39, 0.29) is 18.9 Å². The lowest BCUT2D eigenvalue weighted by atomic mass is 10.0. The SMILES string of the molecule is Cc1ncc(C#CC2(O)COC2)cc1[N+](=O)[O-]. The Balaban J connectivity index is 2.28. The third-order valence-corrected chi connectivity index (χ3v) is 2.38. The minimum atomic E-state index is -1.13. The molecule has 2 rings (SSSR count). The van der Waals surface area contributed by atoms with Gasteiger partial charge in [-0.2, -0.15) is 0 Å². The van der Waals surface area contributed by atoms with Gasteiger partial charge in [0.1, 0.15) is 5.69 Å². The normalized spacial score (nSPS) is 16.6. The summed E-state index contributed by atoms with van der Waals surface area (Å²) in [6.07, 6.45) is 1.44. The van der Waals surface area contributed by atoms with Crippen molar-refractivity contribution < 1.29 is 14.8 Å². The number of rotatable bonds is 1. The van der Waals surface area contributed by atoms with Gasteiger partial charge in [0.15, 0.2) is 5.60 Å². The maximum absolute atomic E-state index is 10.7. The lowest BCUT2D eigenvalue weighted by Crippen LogP contribution is -2.48. The molecule has 0 bridgehead atoms. The molecule has 6 nitrogen and oxygen atoms in total. The second-order valence-electron chi connectivity index (χ2n) is 3.86. The van der Waals surface area contributed by atoms with Crippen LogP contribution in [-0.4, -0.2) is 33.8 Å². The molecule has 1 aliphatic heterocycles. The summed E-state index contributed by atoms with van der Waals surface area (Å²) in [5.74, 6) is 5.28. The molecule has 0 atom stereocenters. The first-order valence-electron chi connectivity index (χ1n) is 4.94. The maximum Gasteiger partial charge on any atom is 0.291 e. The average molecular weight is 234 g/mol. The Labute approximate surface area is 97.4 Å². The van der Waals surface area contributed by atoms with Crippen molar-refractivity contribution in [3.8, 4) is 11.8 Å². The molecule has 0 amide bonds. The van der Waals surface area contributed by atoms with Gasteiger partial charge < -0.3 is 9.84 Å². The number of nitro groups is 1. The van der Waals surface area contributed by atoms with Gasteiger partial charge in [-0.3, -0.25) is 15.1 Å². The van der Waals surface area contributed by atoms with Crippen molar-refractivity contribution in [1.29, 1.82) is 0 Å². The summed E-state index contributed by atoms with van der Waals surface area (Å²) in [6, 6.07) is 1.35. The van der Waals surface area contributed by atoms with Crippen LogP contribution in [0.4, 0.5) is 5.69 Å². The molecule has 0 aliphatic carbocycles. The van der Waals surface area contributed by atoms with E-state index in [0.29, 0.717) is 11.3 Å². The molecule has 0 radical (unpaired) electrons. The van der Waals surface area contributed by atoms with E-state index in [1.807, 2.05) is 0 Å². The predicted molar refractivity (Wildman–Crippen MR) is 58.3 cm³/mol. The summed E-state index contributed by atoms with van der Waals surface area (Å²) in [7, 11) is 0. The van der Waals surface area contributed by atoms with Gasteiger partial charge in [-0.25, -0.2) is 0 Å². The van der Waals surface area contributed by atoms with Gasteiger partial charge in [0.05, 0.1) is 18.1 Å². The standard InChI is InChI=1S/C11H10N2O4/c1-8-10(13(15)16)4-9(5-12-8)2-3-11(14)6-17-7-11/h4-5,14H,6-7H2,1H3. The number of hydrogen-bond donors (Lipinski definition) is 1. The van der Waals surface area contributed by atoms with Gasteiger partial charge in [-0.1, -0.05) is 11.8 Å². The van der Waals surface area contributed by atoms with E-state index >= 15 is 0 Å². The highest BCUT2D eigenvalue weighted by molar-refractivity contribution is 5.45.